The van der Waals surface area contributed by atoms with Crippen molar-refractivity contribution in [1.82, 2.24) is 9.71 Å². The first-order valence-corrected chi connectivity index (χ1v) is 7.70. The summed E-state index contributed by atoms with van der Waals surface area (Å²) in [7, 11) is -1.13. The summed E-state index contributed by atoms with van der Waals surface area (Å²) in [5, 5.41) is 0. The fourth-order valence-electron chi connectivity index (χ4n) is 1.32. The number of aromatic nitrogens is 1. The molecule has 5 heteroatoms. The van der Waals surface area contributed by atoms with Crippen molar-refractivity contribution in [2.75, 3.05) is 0 Å². The predicted molar refractivity (Wildman–Crippen MR) is 80.5 cm³/mol. The molecule has 0 bridgehead atoms. The zero-order valence-electron chi connectivity index (χ0n) is 10.9. The van der Waals surface area contributed by atoms with Crippen LogP contribution in [-0.2, 0) is 11.0 Å². The van der Waals surface area contributed by atoms with Crippen LogP contribution in [0.5, 0.6) is 0 Å². The summed E-state index contributed by atoms with van der Waals surface area (Å²) in [6, 6.07) is 5.63. The molecule has 100 valence electrons. The normalized spacial score (nSPS) is 15.1. The first kappa shape index (κ1) is 15.5. The van der Waals surface area contributed by atoms with E-state index in [2.05, 4.69) is 32.2 Å². The Morgan fingerprint density at radius 2 is 2.22 bits per heavy atom. The van der Waals surface area contributed by atoms with Gasteiger partial charge in [-0.15, -0.1) is 6.58 Å². The number of rotatable bonds is 5. The van der Waals surface area contributed by atoms with Crippen molar-refractivity contribution < 1.29 is 4.21 Å². The van der Waals surface area contributed by atoms with Crippen LogP contribution < -0.4 is 4.72 Å². The molecule has 0 aromatic carbocycles. The Morgan fingerprint density at radius 1 is 1.56 bits per heavy atom. The average Bonchev–Trinajstić information content (AvgIpc) is 2.27. The van der Waals surface area contributed by atoms with E-state index >= 15 is 0 Å². The molecule has 1 aromatic rings. The molecule has 0 saturated heterocycles. The lowest BCUT2D eigenvalue weighted by atomic mass is 10.1. The van der Waals surface area contributed by atoms with Crippen LogP contribution in [0.25, 0.3) is 0 Å². The van der Waals surface area contributed by atoms with Gasteiger partial charge in [-0.3, -0.25) is 0 Å². The Hall–Kier alpha value is -0.520. The molecule has 1 aromatic heterocycles. The van der Waals surface area contributed by atoms with Gasteiger partial charge in [0.1, 0.15) is 4.60 Å². The van der Waals surface area contributed by atoms with Crippen molar-refractivity contribution in [2.24, 2.45) is 0 Å². The summed E-state index contributed by atoms with van der Waals surface area (Å²) < 4.78 is 15.7. The third kappa shape index (κ3) is 4.63. The molecule has 0 unspecified atom stereocenters. The highest BCUT2D eigenvalue weighted by atomic mass is 79.9. The first-order valence-electron chi connectivity index (χ1n) is 5.76. The highest BCUT2D eigenvalue weighted by molar-refractivity contribution is 9.10. The quantitative estimate of drug-likeness (QED) is 0.663. The monoisotopic (exact) mass is 330 g/mol. The summed E-state index contributed by atoms with van der Waals surface area (Å²) in [5.74, 6) is 0. The van der Waals surface area contributed by atoms with E-state index in [9.17, 15) is 4.21 Å². The van der Waals surface area contributed by atoms with Crippen molar-refractivity contribution in [2.45, 2.75) is 38.0 Å². The molecule has 0 amide bonds. The fourth-order valence-corrected chi connectivity index (χ4v) is 2.51. The summed E-state index contributed by atoms with van der Waals surface area (Å²) in [4.78, 5) is 4.40. The summed E-state index contributed by atoms with van der Waals surface area (Å²) >= 11 is 3.35. The molecule has 1 rings (SSSR count). The van der Waals surface area contributed by atoms with Crippen molar-refractivity contribution >= 4 is 26.9 Å². The van der Waals surface area contributed by atoms with E-state index in [-0.39, 0.29) is 10.8 Å². The molecule has 0 spiro atoms. The van der Waals surface area contributed by atoms with Crippen LogP contribution in [0.2, 0.25) is 0 Å². The van der Waals surface area contributed by atoms with Crippen LogP contribution in [0, 0.1) is 0 Å². The minimum absolute atomic E-state index is 0.0833. The van der Waals surface area contributed by atoms with E-state index in [0.29, 0.717) is 6.42 Å². The lowest BCUT2D eigenvalue weighted by Gasteiger charge is -2.23. The van der Waals surface area contributed by atoms with Crippen LogP contribution in [0.4, 0.5) is 0 Å². The van der Waals surface area contributed by atoms with Crippen LogP contribution in [0.3, 0.4) is 0 Å². The molecule has 0 aliphatic carbocycles. The van der Waals surface area contributed by atoms with Crippen LogP contribution >= 0.6 is 15.9 Å². The van der Waals surface area contributed by atoms with Crippen LogP contribution in [0.1, 0.15) is 38.9 Å². The van der Waals surface area contributed by atoms with Gasteiger partial charge in [0.2, 0.25) is 0 Å². The predicted octanol–water partition coefficient (Wildman–Crippen LogP) is 3.51. The van der Waals surface area contributed by atoms with Crippen LogP contribution in [0.15, 0.2) is 35.5 Å². The SMILES string of the molecule is C=CC[C@H](N[S@@](=O)C(C)(C)C)c1cccc(Br)n1. The van der Waals surface area contributed by atoms with Gasteiger partial charge in [0.15, 0.2) is 0 Å². The van der Waals surface area contributed by atoms with E-state index in [1.807, 2.05) is 39.0 Å². The third-order valence-corrected chi connectivity index (χ3v) is 4.35. The molecule has 1 N–H and O–H groups in total. The minimum atomic E-state index is -1.13. The van der Waals surface area contributed by atoms with Gasteiger partial charge in [-0.1, -0.05) is 12.1 Å². The fraction of sp³-hybridized carbons (Fsp3) is 0.462. The van der Waals surface area contributed by atoms with Gasteiger partial charge in [-0.05, 0) is 55.3 Å². The minimum Gasteiger partial charge on any atom is -0.244 e. The van der Waals surface area contributed by atoms with Crippen molar-refractivity contribution in [3.05, 3.63) is 41.2 Å². The highest BCUT2D eigenvalue weighted by Crippen LogP contribution is 2.20. The molecule has 18 heavy (non-hydrogen) atoms. The van der Waals surface area contributed by atoms with Gasteiger partial charge in [0, 0.05) is 0 Å². The van der Waals surface area contributed by atoms with E-state index in [4.69, 9.17) is 0 Å². The maximum absolute atomic E-state index is 12.1. The Kier molecular flexibility index (Phi) is 5.69. The van der Waals surface area contributed by atoms with Gasteiger partial charge in [-0.25, -0.2) is 13.9 Å². The Balaban J connectivity index is 2.90. The zero-order chi connectivity index (χ0) is 13.8. The van der Waals surface area contributed by atoms with E-state index < -0.39 is 11.0 Å². The standard InChI is InChI=1S/C13H19BrN2OS/c1-5-7-11(16-18(17)13(2,3)4)10-8-6-9-12(14)15-10/h5-6,8-9,11,16H,1,7H2,2-4H3/t11-,18-/m0/s1. The summed E-state index contributed by atoms with van der Waals surface area (Å²) in [6.45, 7) is 9.56. The molecule has 0 radical (unpaired) electrons. The Labute approximate surface area is 120 Å². The second-order valence-electron chi connectivity index (χ2n) is 4.96. The molecular weight excluding hydrogens is 312 g/mol. The largest absolute Gasteiger partial charge is 0.244 e. The number of nitrogens with one attached hydrogen (secondary N) is 1. The van der Waals surface area contributed by atoms with Crippen molar-refractivity contribution in [1.29, 1.82) is 0 Å². The topological polar surface area (TPSA) is 42.0 Å². The lowest BCUT2D eigenvalue weighted by Crippen LogP contribution is -2.35. The second-order valence-corrected chi connectivity index (χ2v) is 7.77. The van der Waals surface area contributed by atoms with E-state index in [1.165, 1.54) is 0 Å². The van der Waals surface area contributed by atoms with Gasteiger partial charge in [-0.2, -0.15) is 0 Å². The molecule has 1 heterocycles. The first-order chi connectivity index (χ1) is 8.34. The van der Waals surface area contributed by atoms with Crippen molar-refractivity contribution in [3.8, 4) is 0 Å². The van der Waals surface area contributed by atoms with Crippen LogP contribution in [-0.4, -0.2) is 13.9 Å². The van der Waals surface area contributed by atoms with Gasteiger partial charge >= 0.3 is 0 Å². The number of nitrogens with zero attached hydrogens (tertiary/aromatic N) is 1. The zero-order valence-corrected chi connectivity index (χ0v) is 13.3. The van der Waals surface area contributed by atoms with Gasteiger partial charge in [0.05, 0.1) is 27.5 Å². The smallest absolute Gasteiger partial charge is 0.106 e. The number of halogens is 1. The molecule has 2 atom stereocenters. The van der Waals surface area contributed by atoms with Gasteiger partial charge in [0.25, 0.3) is 0 Å². The van der Waals surface area contributed by atoms with Crippen molar-refractivity contribution in [3.63, 3.8) is 0 Å². The van der Waals surface area contributed by atoms with E-state index in [1.54, 1.807) is 6.08 Å². The molecule has 3 nitrogen and oxygen atoms in total. The average molecular weight is 331 g/mol. The highest BCUT2D eigenvalue weighted by Gasteiger charge is 2.23. The second kappa shape index (κ2) is 6.59. The number of hydrogen-bond acceptors (Lipinski definition) is 2. The molecule has 0 saturated carbocycles. The summed E-state index contributed by atoms with van der Waals surface area (Å²) in [6.07, 6.45) is 2.49. The third-order valence-electron chi connectivity index (χ3n) is 2.30. The molecule has 0 aliphatic heterocycles. The number of hydrogen-bond donors (Lipinski definition) is 1. The maximum atomic E-state index is 12.1. The van der Waals surface area contributed by atoms with Gasteiger partial charge < -0.3 is 0 Å². The lowest BCUT2D eigenvalue weighted by molar-refractivity contribution is 0.593. The Morgan fingerprint density at radius 3 is 2.72 bits per heavy atom. The summed E-state index contributed by atoms with van der Waals surface area (Å²) in [5.41, 5.74) is 0.863. The molecule has 0 aliphatic rings. The molecular formula is C13H19BrN2OS. The number of pyridine rings is 1. The maximum Gasteiger partial charge on any atom is 0.106 e. The van der Waals surface area contributed by atoms with E-state index in [0.717, 1.165) is 10.3 Å². The molecule has 0 fully saturated rings. The Bertz CT molecular complexity index is 443.